The van der Waals surface area contributed by atoms with Gasteiger partial charge in [-0.2, -0.15) is 0 Å². The average molecular weight is 541 g/mol. The molecule has 1 amide bonds. The molecule has 0 rings (SSSR count). The molecule has 0 bridgehead atoms. The van der Waals surface area contributed by atoms with E-state index in [0.717, 1.165) is 44.9 Å². The van der Waals surface area contributed by atoms with Crippen LogP contribution in [0.3, 0.4) is 0 Å². The minimum atomic E-state index is -0.706. The van der Waals surface area contributed by atoms with Crippen LogP contribution in [-0.2, 0) is 19.2 Å². The van der Waals surface area contributed by atoms with Crippen LogP contribution in [0.5, 0.6) is 0 Å². The molecule has 0 aromatic rings. The largest absolute Gasteiger partial charge is 0.346 e. The monoisotopic (exact) mass is 540 g/mol. The van der Waals surface area contributed by atoms with Crippen molar-refractivity contribution in [2.45, 2.75) is 109 Å². The number of carbonyl (C=O) groups is 4. The van der Waals surface area contributed by atoms with E-state index in [0.29, 0.717) is 58.3 Å². The van der Waals surface area contributed by atoms with Gasteiger partial charge in [-0.1, -0.05) is 19.3 Å². The van der Waals surface area contributed by atoms with Crippen LogP contribution in [-0.4, -0.2) is 68.6 Å². The van der Waals surface area contributed by atoms with E-state index in [2.05, 4.69) is 10.6 Å². The van der Waals surface area contributed by atoms with Gasteiger partial charge in [0.15, 0.2) is 11.6 Å². The summed E-state index contributed by atoms with van der Waals surface area (Å²) in [6, 6.07) is -1.04. The number of Topliss-reactive ketones (excluding diaryl/α,β-unsaturated/α-hetero) is 3. The third kappa shape index (κ3) is 16.3. The van der Waals surface area contributed by atoms with Gasteiger partial charge in [0.05, 0.1) is 12.1 Å². The lowest BCUT2D eigenvalue weighted by molar-refractivity contribution is -0.134. The molecule has 0 fully saturated rings. The number of rotatable bonds is 26. The topological polar surface area (TPSA) is 196 Å². The Labute approximate surface area is 230 Å². The maximum atomic E-state index is 13.4. The van der Waals surface area contributed by atoms with Crippen LogP contribution >= 0.6 is 0 Å². The Balaban J connectivity index is 5.53. The molecule has 0 aliphatic heterocycles. The number of ketones is 3. The van der Waals surface area contributed by atoms with Gasteiger partial charge in [-0.25, -0.2) is 0 Å². The molecular formula is C28H56N6O4. The van der Waals surface area contributed by atoms with Crippen molar-refractivity contribution in [3.8, 4) is 0 Å². The summed E-state index contributed by atoms with van der Waals surface area (Å²) in [5, 5.41) is 6.02. The van der Waals surface area contributed by atoms with Gasteiger partial charge >= 0.3 is 0 Å². The van der Waals surface area contributed by atoms with Crippen molar-refractivity contribution < 1.29 is 19.2 Å². The highest BCUT2D eigenvalue weighted by Gasteiger charge is 2.30. The summed E-state index contributed by atoms with van der Waals surface area (Å²) in [6.45, 7) is 3.63. The van der Waals surface area contributed by atoms with Crippen molar-refractivity contribution in [3.05, 3.63) is 0 Å². The van der Waals surface area contributed by atoms with E-state index in [4.69, 9.17) is 22.9 Å². The molecule has 222 valence electrons. The average Bonchev–Trinajstić information content (AvgIpc) is 2.89. The predicted octanol–water partition coefficient (Wildman–Crippen LogP) is 1.32. The fourth-order valence-corrected chi connectivity index (χ4v) is 4.67. The standard InChI is InChI=1S/C28H56N6O4/c1-21(35)22(11-3-7-15-29)19-27(37)25(14-6-10-18-32)34-28(38)23(12-4-8-16-30)20-26(36)24(33-2)13-5-9-17-31/h22-25,33H,3-20,29-32H2,1-2H3,(H,34,38). The van der Waals surface area contributed by atoms with Gasteiger partial charge in [0, 0.05) is 24.7 Å². The summed E-state index contributed by atoms with van der Waals surface area (Å²) in [5.41, 5.74) is 22.5. The fraction of sp³-hybridized carbons (Fsp3) is 0.857. The van der Waals surface area contributed by atoms with E-state index < -0.39 is 12.0 Å². The van der Waals surface area contributed by atoms with E-state index >= 15 is 0 Å². The number of nitrogens with two attached hydrogens (primary N) is 4. The Hall–Kier alpha value is -1.72. The lowest BCUT2D eigenvalue weighted by atomic mass is 9.88. The van der Waals surface area contributed by atoms with Crippen molar-refractivity contribution >= 4 is 23.3 Å². The van der Waals surface area contributed by atoms with E-state index in [9.17, 15) is 19.2 Å². The highest BCUT2D eigenvalue weighted by molar-refractivity contribution is 5.94. The van der Waals surface area contributed by atoms with Crippen LogP contribution in [0.15, 0.2) is 0 Å². The molecule has 38 heavy (non-hydrogen) atoms. The van der Waals surface area contributed by atoms with Crippen molar-refractivity contribution in [1.82, 2.24) is 10.6 Å². The van der Waals surface area contributed by atoms with Crippen LogP contribution in [0.1, 0.15) is 96.8 Å². The van der Waals surface area contributed by atoms with Crippen molar-refractivity contribution in [3.63, 3.8) is 0 Å². The molecule has 0 spiro atoms. The zero-order valence-corrected chi connectivity index (χ0v) is 24.0. The first kappa shape index (κ1) is 36.3. The maximum absolute atomic E-state index is 13.4. The summed E-state index contributed by atoms with van der Waals surface area (Å²) in [5.74, 6) is -1.40. The molecule has 0 saturated heterocycles. The second-order valence-corrected chi connectivity index (χ2v) is 10.4. The van der Waals surface area contributed by atoms with E-state index in [1.807, 2.05) is 0 Å². The minimum Gasteiger partial charge on any atom is -0.346 e. The number of hydrogen-bond donors (Lipinski definition) is 6. The van der Waals surface area contributed by atoms with Crippen molar-refractivity contribution in [2.75, 3.05) is 33.2 Å². The van der Waals surface area contributed by atoms with Gasteiger partial charge in [0.25, 0.3) is 0 Å². The Morgan fingerprint density at radius 3 is 1.42 bits per heavy atom. The van der Waals surface area contributed by atoms with Gasteiger partial charge in [0.2, 0.25) is 5.91 Å². The van der Waals surface area contributed by atoms with E-state index in [1.165, 1.54) is 6.92 Å². The van der Waals surface area contributed by atoms with E-state index in [-0.39, 0.29) is 48.1 Å². The highest BCUT2D eigenvalue weighted by Crippen LogP contribution is 2.20. The quantitative estimate of drug-likeness (QED) is 0.0876. The number of likely N-dealkylation sites (N-methyl/N-ethyl adjacent to an activating group) is 1. The Bertz CT molecular complexity index is 676. The van der Waals surface area contributed by atoms with Gasteiger partial charge in [-0.05, 0) is 97.9 Å². The SMILES string of the molecule is CNC(CCCCN)C(=O)CC(CCCCN)C(=O)NC(CCCCN)C(=O)CC(CCCCN)C(C)=O. The number of carbonyl (C=O) groups excluding carboxylic acids is 4. The second kappa shape index (κ2) is 23.2. The molecule has 10 nitrogen and oxygen atoms in total. The molecule has 0 aliphatic rings. The first-order valence-electron chi connectivity index (χ1n) is 14.6. The summed E-state index contributed by atoms with van der Waals surface area (Å²) in [7, 11) is 1.75. The molecule has 0 aliphatic carbocycles. The van der Waals surface area contributed by atoms with E-state index in [1.54, 1.807) is 7.05 Å². The zero-order valence-electron chi connectivity index (χ0n) is 24.0. The highest BCUT2D eigenvalue weighted by atomic mass is 16.2. The lowest BCUT2D eigenvalue weighted by Gasteiger charge is -2.24. The number of nitrogens with one attached hydrogen (secondary N) is 2. The summed E-state index contributed by atoms with van der Waals surface area (Å²) in [4.78, 5) is 52.0. The molecule has 0 aromatic carbocycles. The predicted molar refractivity (Wildman–Crippen MR) is 153 cm³/mol. The molecule has 4 atom stereocenters. The number of hydrogen-bond acceptors (Lipinski definition) is 9. The third-order valence-corrected chi connectivity index (χ3v) is 7.19. The Kier molecular flexibility index (Phi) is 22.1. The van der Waals surface area contributed by atoms with Crippen molar-refractivity contribution in [2.24, 2.45) is 34.8 Å². The number of unbranched alkanes of at least 4 members (excludes halogenated alkanes) is 4. The van der Waals surface area contributed by atoms with Crippen LogP contribution in [0.4, 0.5) is 0 Å². The third-order valence-electron chi connectivity index (χ3n) is 7.19. The molecule has 10 heteroatoms. The van der Waals surface area contributed by atoms with Crippen LogP contribution in [0.25, 0.3) is 0 Å². The van der Waals surface area contributed by atoms with Crippen LogP contribution in [0, 0.1) is 11.8 Å². The molecule has 0 saturated carbocycles. The Morgan fingerprint density at radius 1 is 0.579 bits per heavy atom. The van der Waals surface area contributed by atoms with Gasteiger partial charge < -0.3 is 33.6 Å². The first-order chi connectivity index (χ1) is 18.2. The van der Waals surface area contributed by atoms with Crippen LogP contribution in [0.2, 0.25) is 0 Å². The number of amides is 1. The molecular weight excluding hydrogens is 484 g/mol. The van der Waals surface area contributed by atoms with Gasteiger partial charge in [-0.15, -0.1) is 0 Å². The van der Waals surface area contributed by atoms with Gasteiger partial charge in [-0.3, -0.25) is 19.2 Å². The fourth-order valence-electron chi connectivity index (χ4n) is 4.67. The Morgan fingerprint density at radius 2 is 0.974 bits per heavy atom. The summed E-state index contributed by atoms with van der Waals surface area (Å²) >= 11 is 0. The maximum Gasteiger partial charge on any atom is 0.224 e. The summed E-state index contributed by atoms with van der Waals surface area (Å²) < 4.78 is 0. The smallest absolute Gasteiger partial charge is 0.224 e. The van der Waals surface area contributed by atoms with Crippen LogP contribution < -0.4 is 33.6 Å². The first-order valence-corrected chi connectivity index (χ1v) is 14.6. The normalized spacial score (nSPS) is 14.5. The molecule has 10 N–H and O–H groups in total. The second-order valence-electron chi connectivity index (χ2n) is 10.4. The molecule has 4 unspecified atom stereocenters. The minimum absolute atomic E-state index is 0.0139. The van der Waals surface area contributed by atoms with Gasteiger partial charge in [0.1, 0.15) is 5.78 Å². The lowest BCUT2D eigenvalue weighted by Crippen LogP contribution is -2.46. The summed E-state index contributed by atoms with van der Waals surface area (Å²) in [6.07, 6.45) is 8.58. The van der Waals surface area contributed by atoms with Crippen molar-refractivity contribution in [1.29, 1.82) is 0 Å². The molecule has 0 aromatic heterocycles. The molecule has 0 radical (unpaired) electrons. The zero-order chi connectivity index (χ0) is 28.8. The molecule has 0 heterocycles.